The third-order valence-electron chi connectivity index (χ3n) is 1.61. The average molecular weight is 159 g/mol. The normalized spacial score (nSPS) is 25.7. The fourth-order valence-electron chi connectivity index (χ4n) is 0.998. The number of ether oxygens (including phenoxy) is 2. The van der Waals surface area contributed by atoms with Crippen LogP contribution in [0, 0.1) is 0 Å². The first-order valence-electron chi connectivity index (χ1n) is 3.74. The molecule has 1 rings (SSSR count). The molecule has 64 valence electrons. The van der Waals surface area contributed by atoms with Gasteiger partial charge in [-0.1, -0.05) is 0 Å². The Morgan fingerprint density at radius 1 is 1.73 bits per heavy atom. The SMILES string of the molecule is COC(=O)[C@H]1CNCCCO1. The molecule has 1 fully saturated rings. The molecule has 0 saturated carbocycles. The first-order chi connectivity index (χ1) is 5.34. The summed E-state index contributed by atoms with van der Waals surface area (Å²) in [7, 11) is 1.37. The lowest BCUT2D eigenvalue weighted by molar-refractivity contribution is -0.153. The van der Waals surface area contributed by atoms with Gasteiger partial charge in [0.25, 0.3) is 0 Å². The zero-order valence-corrected chi connectivity index (χ0v) is 6.63. The van der Waals surface area contributed by atoms with E-state index in [4.69, 9.17) is 4.74 Å². The molecule has 0 amide bonds. The molecule has 1 heterocycles. The summed E-state index contributed by atoms with van der Waals surface area (Å²) in [6.45, 7) is 2.10. The van der Waals surface area contributed by atoms with Crippen molar-refractivity contribution < 1.29 is 14.3 Å². The number of carbonyl (C=O) groups is 1. The predicted molar refractivity (Wildman–Crippen MR) is 39.2 cm³/mol. The van der Waals surface area contributed by atoms with Crippen LogP contribution >= 0.6 is 0 Å². The summed E-state index contributed by atoms with van der Waals surface area (Å²) < 4.78 is 9.76. The summed E-state index contributed by atoms with van der Waals surface area (Å²) in [6, 6.07) is 0. The van der Waals surface area contributed by atoms with Crippen molar-refractivity contribution in [1.29, 1.82) is 0 Å². The van der Waals surface area contributed by atoms with Crippen molar-refractivity contribution in [3.63, 3.8) is 0 Å². The Bertz CT molecular complexity index is 130. The second-order valence-electron chi connectivity index (χ2n) is 2.44. The van der Waals surface area contributed by atoms with Gasteiger partial charge in [0.05, 0.1) is 7.11 Å². The number of carbonyl (C=O) groups excluding carboxylic acids is 1. The van der Waals surface area contributed by atoms with E-state index >= 15 is 0 Å². The molecule has 4 heteroatoms. The first kappa shape index (κ1) is 8.49. The van der Waals surface area contributed by atoms with Gasteiger partial charge in [0.15, 0.2) is 6.10 Å². The highest BCUT2D eigenvalue weighted by Crippen LogP contribution is 1.98. The molecule has 0 spiro atoms. The first-order valence-corrected chi connectivity index (χ1v) is 3.74. The molecular formula is C7H13NO3. The molecule has 1 N–H and O–H groups in total. The third kappa shape index (κ3) is 2.48. The summed E-state index contributed by atoms with van der Waals surface area (Å²) in [5.41, 5.74) is 0. The van der Waals surface area contributed by atoms with Gasteiger partial charge in [0.2, 0.25) is 0 Å². The van der Waals surface area contributed by atoms with Crippen molar-refractivity contribution in [2.45, 2.75) is 12.5 Å². The predicted octanol–water partition coefficient (Wildman–Crippen LogP) is -0.462. The summed E-state index contributed by atoms with van der Waals surface area (Å²) in [5.74, 6) is -0.292. The van der Waals surface area contributed by atoms with E-state index in [-0.39, 0.29) is 5.97 Å². The Hall–Kier alpha value is -0.610. The molecule has 0 aliphatic carbocycles. The van der Waals surface area contributed by atoms with Gasteiger partial charge in [-0.3, -0.25) is 0 Å². The van der Waals surface area contributed by atoms with Crippen molar-refractivity contribution in [1.82, 2.24) is 5.32 Å². The number of esters is 1. The second-order valence-corrected chi connectivity index (χ2v) is 2.44. The van der Waals surface area contributed by atoms with Gasteiger partial charge in [-0.15, -0.1) is 0 Å². The molecular weight excluding hydrogens is 146 g/mol. The molecule has 1 aliphatic heterocycles. The van der Waals surface area contributed by atoms with Crippen LogP contribution in [0.3, 0.4) is 0 Å². The van der Waals surface area contributed by atoms with E-state index in [1.807, 2.05) is 0 Å². The highest BCUT2D eigenvalue weighted by Gasteiger charge is 2.20. The summed E-state index contributed by atoms with van der Waals surface area (Å²) in [5, 5.41) is 3.09. The third-order valence-corrected chi connectivity index (χ3v) is 1.61. The minimum absolute atomic E-state index is 0.292. The number of rotatable bonds is 1. The molecule has 11 heavy (non-hydrogen) atoms. The smallest absolute Gasteiger partial charge is 0.336 e. The number of hydrogen-bond acceptors (Lipinski definition) is 4. The van der Waals surface area contributed by atoms with Crippen LogP contribution in [-0.2, 0) is 14.3 Å². The fraction of sp³-hybridized carbons (Fsp3) is 0.857. The van der Waals surface area contributed by atoms with Crippen LogP contribution in [0.25, 0.3) is 0 Å². The van der Waals surface area contributed by atoms with Crippen LogP contribution < -0.4 is 5.32 Å². The maximum atomic E-state index is 10.9. The lowest BCUT2D eigenvalue weighted by Crippen LogP contribution is -2.34. The molecule has 1 saturated heterocycles. The van der Waals surface area contributed by atoms with Gasteiger partial charge >= 0.3 is 5.97 Å². The van der Waals surface area contributed by atoms with E-state index in [1.165, 1.54) is 7.11 Å². The van der Waals surface area contributed by atoms with Gasteiger partial charge in [-0.05, 0) is 13.0 Å². The summed E-state index contributed by atoms with van der Waals surface area (Å²) >= 11 is 0. The number of hydrogen-bond donors (Lipinski definition) is 1. The van der Waals surface area contributed by atoms with Crippen LogP contribution in [-0.4, -0.2) is 38.9 Å². The van der Waals surface area contributed by atoms with Gasteiger partial charge in [-0.25, -0.2) is 4.79 Å². The molecule has 1 atom stereocenters. The van der Waals surface area contributed by atoms with E-state index in [2.05, 4.69) is 10.1 Å². The van der Waals surface area contributed by atoms with Crippen LogP contribution in [0.2, 0.25) is 0 Å². The maximum absolute atomic E-state index is 10.9. The maximum Gasteiger partial charge on any atom is 0.336 e. The van der Waals surface area contributed by atoms with Crippen molar-refractivity contribution in [3.05, 3.63) is 0 Å². The van der Waals surface area contributed by atoms with Crippen LogP contribution in [0.4, 0.5) is 0 Å². The second kappa shape index (κ2) is 4.31. The number of nitrogens with one attached hydrogen (secondary N) is 1. The summed E-state index contributed by atoms with van der Waals surface area (Å²) in [6.07, 6.45) is 0.538. The Kier molecular flexibility index (Phi) is 3.32. The Balaban J connectivity index is 2.36. The lowest BCUT2D eigenvalue weighted by atomic mass is 10.3. The highest BCUT2D eigenvalue weighted by molar-refractivity contribution is 5.74. The molecule has 0 aromatic heterocycles. The van der Waals surface area contributed by atoms with Gasteiger partial charge in [0.1, 0.15) is 0 Å². The fourth-order valence-corrected chi connectivity index (χ4v) is 0.998. The van der Waals surface area contributed by atoms with E-state index < -0.39 is 6.10 Å². The molecule has 0 aromatic carbocycles. The number of methoxy groups -OCH3 is 1. The van der Waals surface area contributed by atoms with Crippen molar-refractivity contribution in [2.24, 2.45) is 0 Å². The van der Waals surface area contributed by atoms with E-state index in [0.717, 1.165) is 13.0 Å². The van der Waals surface area contributed by atoms with Crippen molar-refractivity contribution >= 4 is 5.97 Å². The molecule has 0 radical (unpaired) electrons. The van der Waals surface area contributed by atoms with Gasteiger partial charge in [-0.2, -0.15) is 0 Å². The Morgan fingerprint density at radius 3 is 3.27 bits per heavy atom. The summed E-state index contributed by atoms with van der Waals surface area (Å²) in [4.78, 5) is 10.9. The van der Waals surface area contributed by atoms with Gasteiger partial charge in [0, 0.05) is 13.2 Å². The van der Waals surface area contributed by atoms with Crippen molar-refractivity contribution in [2.75, 3.05) is 26.8 Å². The van der Waals surface area contributed by atoms with Crippen LogP contribution in [0.15, 0.2) is 0 Å². The zero-order valence-electron chi connectivity index (χ0n) is 6.63. The Labute approximate surface area is 65.9 Å². The minimum Gasteiger partial charge on any atom is -0.467 e. The Morgan fingerprint density at radius 2 is 2.55 bits per heavy atom. The largest absolute Gasteiger partial charge is 0.467 e. The standard InChI is InChI=1S/C7H13NO3/c1-10-7(9)6-5-8-3-2-4-11-6/h6,8H,2-5H2,1H3/t6-/m1/s1. The average Bonchev–Trinajstić information content (AvgIpc) is 2.30. The quantitative estimate of drug-likeness (QED) is 0.526. The lowest BCUT2D eigenvalue weighted by Gasteiger charge is -2.11. The minimum atomic E-state index is -0.414. The molecule has 0 aromatic rings. The van der Waals surface area contributed by atoms with Crippen LogP contribution in [0.1, 0.15) is 6.42 Å². The highest BCUT2D eigenvalue weighted by atomic mass is 16.6. The topological polar surface area (TPSA) is 47.6 Å². The van der Waals surface area contributed by atoms with Gasteiger partial charge < -0.3 is 14.8 Å². The molecule has 1 aliphatic rings. The van der Waals surface area contributed by atoms with Crippen LogP contribution in [0.5, 0.6) is 0 Å². The van der Waals surface area contributed by atoms with E-state index in [0.29, 0.717) is 13.2 Å². The monoisotopic (exact) mass is 159 g/mol. The van der Waals surface area contributed by atoms with E-state index in [1.54, 1.807) is 0 Å². The molecule has 4 nitrogen and oxygen atoms in total. The molecule has 0 unspecified atom stereocenters. The van der Waals surface area contributed by atoms with Crippen molar-refractivity contribution in [3.8, 4) is 0 Å². The van der Waals surface area contributed by atoms with E-state index in [9.17, 15) is 4.79 Å². The molecule has 0 bridgehead atoms. The zero-order chi connectivity index (χ0) is 8.10.